The van der Waals surface area contributed by atoms with Gasteiger partial charge in [-0.2, -0.15) is 0 Å². The van der Waals surface area contributed by atoms with Crippen LogP contribution in [0.25, 0.3) is 0 Å². The molecule has 0 aliphatic rings. The van der Waals surface area contributed by atoms with Crippen LogP contribution >= 0.6 is 0 Å². The Morgan fingerprint density at radius 1 is 1.80 bits per heavy atom. The van der Waals surface area contributed by atoms with Gasteiger partial charge in [0.15, 0.2) is 5.03 Å². The van der Waals surface area contributed by atoms with E-state index in [0.29, 0.717) is 0 Å². The molecular formula is C3H4N3NaO2S. The second-order valence-corrected chi connectivity index (χ2v) is 2.35. The van der Waals surface area contributed by atoms with E-state index in [0.717, 1.165) is 0 Å². The average Bonchev–Trinajstić information content (AvgIpc) is 2.14. The number of aryl methyl sites for hydroxylation is 1. The predicted molar refractivity (Wildman–Crippen MR) is 28.2 cm³/mol. The molecule has 0 aromatic carbocycles. The van der Waals surface area contributed by atoms with Crippen LogP contribution in [0.3, 0.4) is 0 Å². The number of rotatable bonds is 1. The quantitative estimate of drug-likeness (QED) is 0.318. The van der Waals surface area contributed by atoms with Crippen molar-refractivity contribution in [1.29, 1.82) is 0 Å². The third-order valence-electron chi connectivity index (χ3n) is 0.752. The van der Waals surface area contributed by atoms with Gasteiger partial charge in [-0.3, -0.25) is 8.89 Å². The molecule has 1 heterocycles. The van der Waals surface area contributed by atoms with E-state index in [4.69, 9.17) is 0 Å². The molecule has 0 aliphatic heterocycles. The second-order valence-electron chi connectivity index (χ2n) is 1.47. The van der Waals surface area contributed by atoms with Gasteiger partial charge in [-0.15, -0.1) is 5.10 Å². The van der Waals surface area contributed by atoms with Gasteiger partial charge in [-0.1, -0.05) is 5.21 Å². The minimum Gasteiger partial charge on any atom is -0.767 e. The molecule has 1 aromatic heterocycles. The van der Waals surface area contributed by atoms with Crippen LogP contribution in [-0.2, 0) is 18.1 Å². The van der Waals surface area contributed by atoms with E-state index in [2.05, 4.69) is 10.3 Å². The maximum Gasteiger partial charge on any atom is 1.00 e. The molecule has 0 N–H and O–H groups in total. The number of aromatic nitrogens is 3. The van der Waals surface area contributed by atoms with Gasteiger partial charge >= 0.3 is 29.6 Å². The summed E-state index contributed by atoms with van der Waals surface area (Å²) in [6.07, 6.45) is 1.32. The minimum atomic E-state index is -2.25. The first-order valence-corrected chi connectivity index (χ1v) is 3.23. The van der Waals surface area contributed by atoms with Crippen LogP contribution in [0.15, 0.2) is 11.2 Å². The van der Waals surface area contributed by atoms with Crippen molar-refractivity contribution in [2.75, 3.05) is 0 Å². The summed E-state index contributed by atoms with van der Waals surface area (Å²) >= 11 is -2.25. The van der Waals surface area contributed by atoms with Crippen molar-refractivity contribution in [2.45, 2.75) is 5.03 Å². The molecule has 7 heteroatoms. The minimum absolute atomic E-state index is 0. The molecule has 1 atom stereocenters. The molecule has 0 saturated carbocycles. The molecule has 5 nitrogen and oxygen atoms in total. The van der Waals surface area contributed by atoms with Crippen LogP contribution in [0.4, 0.5) is 0 Å². The van der Waals surface area contributed by atoms with Gasteiger partial charge in [0.25, 0.3) is 0 Å². The molecule has 0 fully saturated rings. The van der Waals surface area contributed by atoms with Crippen molar-refractivity contribution in [3.63, 3.8) is 0 Å². The molecule has 1 rings (SSSR count). The Bertz CT molecular complexity index is 237. The van der Waals surface area contributed by atoms with Gasteiger partial charge in [0.1, 0.15) is 0 Å². The summed E-state index contributed by atoms with van der Waals surface area (Å²) in [4.78, 5) is 0. The molecule has 1 aromatic rings. The fourth-order valence-electron chi connectivity index (χ4n) is 0.402. The summed E-state index contributed by atoms with van der Waals surface area (Å²) in [6, 6.07) is 0. The zero-order valence-corrected chi connectivity index (χ0v) is 8.46. The zero-order valence-electron chi connectivity index (χ0n) is 5.64. The summed E-state index contributed by atoms with van der Waals surface area (Å²) in [5, 5.41) is 6.70. The summed E-state index contributed by atoms with van der Waals surface area (Å²) in [7, 11) is 1.60. The molecular weight excluding hydrogens is 165 g/mol. The molecule has 1 unspecified atom stereocenters. The largest absolute Gasteiger partial charge is 1.00 e. The van der Waals surface area contributed by atoms with E-state index in [1.54, 1.807) is 7.05 Å². The molecule has 0 saturated heterocycles. The Labute approximate surface area is 82.4 Å². The van der Waals surface area contributed by atoms with Crippen molar-refractivity contribution in [2.24, 2.45) is 7.05 Å². The first kappa shape index (κ1) is 10.2. The third kappa shape index (κ3) is 2.47. The number of nitrogens with zero attached hydrogens (tertiary/aromatic N) is 3. The zero-order chi connectivity index (χ0) is 6.85. The average molecular weight is 169 g/mol. The predicted octanol–water partition coefficient (Wildman–Crippen LogP) is -3.94. The van der Waals surface area contributed by atoms with Crippen LogP contribution < -0.4 is 29.6 Å². The van der Waals surface area contributed by atoms with E-state index in [1.807, 2.05) is 0 Å². The Morgan fingerprint density at radius 3 is 2.60 bits per heavy atom. The molecule has 0 radical (unpaired) electrons. The molecule has 10 heavy (non-hydrogen) atoms. The van der Waals surface area contributed by atoms with Gasteiger partial charge in [-0.05, 0) is 0 Å². The maximum absolute atomic E-state index is 10.1. The van der Waals surface area contributed by atoms with Gasteiger partial charge < -0.3 is 4.55 Å². The summed E-state index contributed by atoms with van der Waals surface area (Å²) < 4.78 is 21.5. The van der Waals surface area contributed by atoms with Crippen LogP contribution in [0, 0.1) is 0 Å². The van der Waals surface area contributed by atoms with Crippen molar-refractivity contribution >= 4 is 11.1 Å². The van der Waals surface area contributed by atoms with E-state index in [1.165, 1.54) is 10.9 Å². The molecule has 0 amide bonds. The first-order chi connectivity index (χ1) is 4.20. The van der Waals surface area contributed by atoms with Crippen LogP contribution in [0.2, 0.25) is 0 Å². The van der Waals surface area contributed by atoms with Crippen molar-refractivity contribution < 1.29 is 38.3 Å². The van der Waals surface area contributed by atoms with Crippen molar-refractivity contribution in [3.05, 3.63) is 6.20 Å². The van der Waals surface area contributed by atoms with E-state index < -0.39 is 11.1 Å². The van der Waals surface area contributed by atoms with Crippen molar-refractivity contribution in [3.8, 4) is 0 Å². The fraction of sp³-hybridized carbons (Fsp3) is 0.333. The smallest absolute Gasteiger partial charge is 0.767 e. The van der Waals surface area contributed by atoms with E-state index in [-0.39, 0.29) is 34.6 Å². The summed E-state index contributed by atoms with van der Waals surface area (Å²) in [5.74, 6) is 0. The maximum atomic E-state index is 10.1. The van der Waals surface area contributed by atoms with Crippen LogP contribution in [-0.4, -0.2) is 23.8 Å². The van der Waals surface area contributed by atoms with E-state index in [9.17, 15) is 8.76 Å². The Hall–Kier alpha value is 0.250. The topological polar surface area (TPSA) is 70.8 Å². The fourth-order valence-corrected chi connectivity index (χ4v) is 0.744. The second kappa shape index (κ2) is 4.20. The van der Waals surface area contributed by atoms with Crippen LogP contribution in [0.5, 0.6) is 0 Å². The number of hydrogen-bond acceptors (Lipinski definition) is 4. The van der Waals surface area contributed by atoms with Gasteiger partial charge in [0.2, 0.25) is 0 Å². The van der Waals surface area contributed by atoms with Crippen molar-refractivity contribution in [1.82, 2.24) is 15.0 Å². The SMILES string of the molecule is Cn1cc(S(=O)[O-])nn1.[Na+]. The molecule has 0 aliphatic carbocycles. The van der Waals surface area contributed by atoms with E-state index >= 15 is 0 Å². The first-order valence-electron chi connectivity index (χ1n) is 2.16. The monoisotopic (exact) mass is 169 g/mol. The Kier molecular flexibility index (Phi) is 4.30. The normalized spacial score (nSPS) is 12.2. The van der Waals surface area contributed by atoms with Gasteiger partial charge in [0.05, 0.1) is 6.20 Å². The standard InChI is InChI=1S/C3H5N3O2S.Na/c1-6-2-3(4-5-6)9(7)8;/h2H,1H3,(H,7,8);/q;+1/p-1. The van der Waals surface area contributed by atoms with Crippen LogP contribution in [0.1, 0.15) is 0 Å². The summed E-state index contributed by atoms with van der Waals surface area (Å²) in [5.41, 5.74) is 0. The molecule has 0 spiro atoms. The van der Waals surface area contributed by atoms with Gasteiger partial charge in [0, 0.05) is 18.1 Å². The Balaban J connectivity index is 0.000000810. The molecule has 50 valence electrons. The van der Waals surface area contributed by atoms with Gasteiger partial charge in [-0.25, -0.2) is 0 Å². The molecule has 0 bridgehead atoms. The number of hydrogen-bond donors (Lipinski definition) is 0. The Morgan fingerprint density at radius 2 is 2.40 bits per heavy atom. The summed E-state index contributed by atoms with van der Waals surface area (Å²) in [6.45, 7) is 0. The third-order valence-corrected chi connectivity index (χ3v) is 1.28.